The molecule has 5 heteroatoms. The first kappa shape index (κ1) is 18.7. The van der Waals surface area contributed by atoms with E-state index in [1.807, 2.05) is 63.2 Å². The lowest BCUT2D eigenvalue weighted by Crippen LogP contribution is -2.35. The van der Waals surface area contributed by atoms with Crippen molar-refractivity contribution in [2.24, 2.45) is 7.05 Å². The van der Waals surface area contributed by atoms with Gasteiger partial charge in [-0.05, 0) is 56.2 Å². The van der Waals surface area contributed by atoms with Crippen LogP contribution in [0.25, 0.3) is 10.9 Å². The van der Waals surface area contributed by atoms with Crippen molar-refractivity contribution in [2.75, 3.05) is 18.1 Å². The van der Waals surface area contributed by atoms with Gasteiger partial charge in [0.2, 0.25) is 0 Å². The number of fused-ring (bicyclic) bond motifs is 1. The van der Waals surface area contributed by atoms with Gasteiger partial charge < -0.3 is 14.2 Å². The van der Waals surface area contributed by atoms with Crippen molar-refractivity contribution in [1.29, 1.82) is 0 Å². The zero-order valence-electron chi connectivity index (χ0n) is 16.2. The highest BCUT2D eigenvalue weighted by Gasteiger charge is 2.16. The summed E-state index contributed by atoms with van der Waals surface area (Å²) in [6, 6.07) is 14.9. The smallest absolute Gasteiger partial charge is 0.264 e. The number of likely N-dealkylation sites (N-methyl/N-ethyl adjacent to an activating group) is 1. The molecular formula is C22H24N2O3. The van der Waals surface area contributed by atoms with Crippen LogP contribution in [-0.4, -0.2) is 23.6 Å². The number of aryl methyl sites for hydroxylation is 3. The van der Waals surface area contributed by atoms with Gasteiger partial charge in [0.05, 0.1) is 5.52 Å². The summed E-state index contributed by atoms with van der Waals surface area (Å²) in [4.78, 5) is 26.6. The Labute approximate surface area is 158 Å². The van der Waals surface area contributed by atoms with Gasteiger partial charge in [-0.15, -0.1) is 0 Å². The first-order valence-corrected chi connectivity index (χ1v) is 9.01. The van der Waals surface area contributed by atoms with E-state index in [2.05, 4.69) is 0 Å². The Morgan fingerprint density at radius 1 is 1.07 bits per heavy atom. The molecule has 0 aliphatic heterocycles. The fraction of sp³-hybridized carbons (Fsp3) is 0.273. The molecule has 0 saturated carbocycles. The molecule has 2 aromatic carbocycles. The van der Waals surface area contributed by atoms with E-state index in [0.29, 0.717) is 12.3 Å². The maximum absolute atomic E-state index is 12.7. The number of hydrogen-bond donors (Lipinski definition) is 0. The SMILES string of the molecule is CCN(C(=O)COc1cc(=O)n(C)c2ccccc12)c1ccc(C)c(C)c1. The highest BCUT2D eigenvalue weighted by atomic mass is 16.5. The number of pyridine rings is 1. The number of rotatable bonds is 5. The van der Waals surface area contributed by atoms with Crippen molar-refractivity contribution >= 4 is 22.5 Å². The van der Waals surface area contributed by atoms with E-state index in [1.54, 1.807) is 16.5 Å². The third-order valence-electron chi connectivity index (χ3n) is 4.89. The van der Waals surface area contributed by atoms with Crippen LogP contribution in [-0.2, 0) is 11.8 Å². The van der Waals surface area contributed by atoms with Crippen LogP contribution in [0.3, 0.4) is 0 Å². The van der Waals surface area contributed by atoms with Gasteiger partial charge in [0, 0.05) is 30.7 Å². The molecule has 27 heavy (non-hydrogen) atoms. The zero-order valence-corrected chi connectivity index (χ0v) is 16.2. The normalized spacial score (nSPS) is 10.8. The molecule has 0 aliphatic rings. The standard InChI is InChI=1S/C22H24N2O3/c1-5-24(17-11-10-15(2)16(3)12-17)22(26)14-27-20-13-21(25)23(4)19-9-7-6-8-18(19)20/h6-13H,5,14H2,1-4H3. The highest BCUT2D eigenvalue weighted by molar-refractivity contribution is 5.95. The molecule has 1 heterocycles. The summed E-state index contributed by atoms with van der Waals surface area (Å²) in [5.41, 5.74) is 3.77. The Morgan fingerprint density at radius 2 is 1.81 bits per heavy atom. The van der Waals surface area contributed by atoms with Crippen LogP contribution >= 0.6 is 0 Å². The minimum atomic E-state index is -0.169. The number of aromatic nitrogens is 1. The molecule has 140 valence electrons. The van der Waals surface area contributed by atoms with E-state index in [9.17, 15) is 9.59 Å². The van der Waals surface area contributed by atoms with E-state index in [1.165, 1.54) is 11.6 Å². The van der Waals surface area contributed by atoms with Crippen molar-refractivity contribution in [3.05, 3.63) is 70.0 Å². The molecule has 0 atom stereocenters. The van der Waals surface area contributed by atoms with Gasteiger partial charge >= 0.3 is 0 Å². The first-order chi connectivity index (χ1) is 12.9. The molecule has 1 aromatic heterocycles. The van der Waals surface area contributed by atoms with Crippen LogP contribution in [0.4, 0.5) is 5.69 Å². The van der Waals surface area contributed by atoms with Crippen molar-refractivity contribution < 1.29 is 9.53 Å². The van der Waals surface area contributed by atoms with Crippen molar-refractivity contribution in [3.8, 4) is 5.75 Å². The van der Waals surface area contributed by atoms with Crippen LogP contribution < -0.4 is 15.2 Å². The zero-order chi connectivity index (χ0) is 19.6. The molecule has 3 aromatic rings. The summed E-state index contributed by atoms with van der Waals surface area (Å²) in [5, 5.41) is 0.807. The Balaban J connectivity index is 1.84. The van der Waals surface area contributed by atoms with Crippen LogP contribution in [0.15, 0.2) is 53.3 Å². The molecule has 5 nitrogen and oxygen atoms in total. The number of nitrogens with zero attached hydrogens (tertiary/aromatic N) is 2. The second-order valence-electron chi connectivity index (χ2n) is 6.62. The summed E-state index contributed by atoms with van der Waals surface area (Å²) in [6.45, 7) is 6.42. The minimum Gasteiger partial charge on any atom is -0.483 e. The summed E-state index contributed by atoms with van der Waals surface area (Å²) in [7, 11) is 1.72. The first-order valence-electron chi connectivity index (χ1n) is 9.01. The minimum absolute atomic E-state index is 0.127. The summed E-state index contributed by atoms with van der Waals surface area (Å²) >= 11 is 0. The molecule has 0 saturated heterocycles. The number of hydrogen-bond acceptors (Lipinski definition) is 3. The number of carbonyl (C=O) groups excluding carboxylic acids is 1. The topological polar surface area (TPSA) is 51.5 Å². The molecule has 0 fully saturated rings. The molecule has 0 radical (unpaired) electrons. The molecule has 0 aliphatic carbocycles. The number of carbonyl (C=O) groups is 1. The maximum atomic E-state index is 12.7. The maximum Gasteiger partial charge on any atom is 0.264 e. The monoisotopic (exact) mass is 364 g/mol. The Morgan fingerprint density at radius 3 is 2.52 bits per heavy atom. The average Bonchev–Trinajstić information content (AvgIpc) is 2.67. The lowest BCUT2D eigenvalue weighted by molar-refractivity contribution is -0.120. The van der Waals surface area contributed by atoms with E-state index in [4.69, 9.17) is 4.74 Å². The van der Waals surface area contributed by atoms with Gasteiger partial charge in [0.1, 0.15) is 5.75 Å². The quantitative estimate of drug-likeness (QED) is 0.695. The van der Waals surface area contributed by atoms with Crippen molar-refractivity contribution in [3.63, 3.8) is 0 Å². The van der Waals surface area contributed by atoms with Crippen LogP contribution in [0, 0.1) is 13.8 Å². The van der Waals surface area contributed by atoms with E-state index >= 15 is 0 Å². The van der Waals surface area contributed by atoms with Gasteiger partial charge in [-0.3, -0.25) is 9.59 Å². The lowest BCUT2D eigenvalue weighted by atomic mass is 10.1. The third-order valence-corrected chi connectivity index (χ3v) is 4.89. The van der Waals surface area contributed by atoms with Crippen LogP contribution in [0.2, 0.25) is 0 Å². The van der Waals surface area contributed by atoms with Crippen LogP contribution in [0.5, 0.6) is 5.75 Å². The molecular weight excluding hydrogens is 340 g/mol. The lowest BCUT2D eigenvalue weighted by Gasteiger charge is -2.22. The van der Waals surface area contributed by atoms with E-state index in [-0.39, 0.29) is 18.1 Å². The number of para-hydroxylation sites is 1. The summed E-state index contributed by atoms with van der Waals surface area (Å²) in [6.07, 6.45) is 0. The number of amides is 1. The Bertz CT molecular complexity index is 1050. The molecule has 0 unspecified atom stereocenters. The van der Waals surface area contributed by atoms with Gasteiger partial charge in [-0.1, -0.05) is 18.2 Å². The number of benzene rings is 2. The molecule has 1 amide bonds. The second-order valence-corrected chi connectivity index (χ2v) is 6.62. The predicted molar refractivity (Wildman–Crippen MR) is 109 cm³/mol. The van der Waals surface area contributed by atoms with Gasteiger partial charge in [-0.25, -0.2) is 0 Å². The summed E-state index contributed by atoms with van der Waals surface area (Å²) < 4.78 is 7.34. The molecule has 3 rings (SSSR count). The highest BCUT2D eigenvalue weighted by Crippen LogP contribution is 2.24. The van der Waals surface area contributed by atoms with Gasteiger partial charge in [0.25, 0.3) is 11.5 Å². The van der Waals surface area contributed by atoms with Gasteiger partial charge in [0.15, 0.2) is 6.61 Å². The van der Waals surface area contributed by atoms with Crippen LogP contribution in [0.1, 0.15) is 18.1 Å². The van der Waals surface area contributed by atoms with E-state index < -0.39 is 0 Å². The molecule has 0 N–H and O–H groups in total. The molecule has 0 bridgehead atoms. The number of ether oxygens (including phenoxy) is 1. The Hall–Kier alpha value is -3.08. The second kappa shape index (κ2) is 7.66. The average molecular weight is 364 g/mol. The fourth-order valence-corrected chi connectivity index (χ4v) is 3.11. The Kier molecular flexibility index (Phi) is 5.31. The third kappa shape index (κ3) is 3.72. The fourth-order valence-electron chi connectivity index (χ4n) is 3.11. The number of anilines is 1. The summed E-state index contributed by atoms with van der Waals surface area (Å²) in [5.74, 6) is 0.281. The van der Waals surface area contributed by atoms with E-state index in [0.717, 1.165) is 22.2 Å². The molecule has 0 spiro atoms. The van der Waals surface area contributed by atoms with Crippen molar-refractivity contribution in [2.45, 2.75) is 20.8 Å². The largest absolute Gasteiger partial charge is 0.483 e. The van der Waals surface area contributed by atoms with Crippen molar-refractivity contribution in [1.82, 2.24) is 4.57 Å². The van der Waals surface area contributed by atoms with Gasteiger partial charge in [-0.2, -0.15) is 0 Å². The predicted octanol–water partition coefficient (Wildman–Crippen LogP) is 3.59.